The highest BCUT2D eigenvalue weighted by Crippen LogP contribution is 2.32. The Kier molecular flexibility index (Phi) is 5.93. The van der Waals surface area contributed by atoms with Crippen LogP contribution in [0.15, 0.2) is 72.8 Å². The zero-order chi connectivity index (χ0) is 20.1. The van der Waals surface area contributed by atoms with Crippen LogP contribution in [0, 0.1) is 5.82 Å². The zero-order valence-corrected chi connectivity index (χ0v) is 16.6. The molecule has 1 aliphatic rings. The molecule has 150 valence electrons. The van der Waals surface area contributed by atoms with E-state index in [2.05, 4.69) is 18.2 Å². The van der Waals surface area contributed by atoms with Crippen LogP contribution in [0.1, 0.15) is 29.2 Å². The van der Waals surface area contributed by atoms with E-state index in [4.69, 9.17) is 14.2 Å². The first-order valence-corrected chi connectivity index (χ1v) is 9.97. The van der Waals surface area contributed by atoms with Crippen LogP contribution in [0.3, 0.4) is 0 Å². The third-order valence-corrected chi connectivity index (χ3v) is 5.17. The maximum atomic E-state index is 13.3. The Balaban J connectivity index is 1.43. The maximum absolute atomic E-state index is 13.3. The second kappa shape index (κ2) is 8.76. The van der Waals surface area contributed by atoms with Gasteiger partial charge in [0.15, 0.2) is 5.79 Å². The minimum absolute atomic E-state index is 0.253. The average molecular weight is 392 g/mol. The average Bonchev–Trinajstić information content (AvgIpc) is 2.73. The van der Waals surface area contributed by atoms with E-state index in [1.807, 2.05) is 43.3 Å². The first-order valence-electron chi connectivity index (χ1n) is 9.97. The number of rotatable bonds is 7. The molecule has 0 fully saturated rings. The number of hydrogen-bond donors (Lipinski definition) is 0. The fraction of sp³-hybridized carbons (Fsp3) is 0.280. The van der Waals surface area contributed by atoms with Crippen molar-refractivity contribution in [2.75, 3.05) is 6.61 Å². The number of ether oxygens (including phenoxy) is 3. The SMILES string of the molecule is CCO[C@]1(Cc2ccc(OCc3cccc(F)c3)cc2)Cc2ccccc2CO1. The van der Waals surface area contributed by atoms with Crippen molar-refractivity contribution in [3.8, 4) is 5.75 Å². The van der Waals surface area contributed by atoms with E-state index in [-0.39, 0.29) is 5.82 Å². The van der Waals surface area contributed by atoms with E-state index >= 15 is 0 Å². The van der Waals surface area contributed by atoms with Gasteiger partial charge in [0.25, 0.3) is 0 Å². The lowest BCUT2D eigenvalue weighted by Crippen LogP contribution is -2.43. The molecule has 0 radical (unpaired) electrons. The van der Waals surface area contributed by atoms with Gasteiger partial charge in [-0.3, -0.25) is 0 Å². The first-order chi connectivity index (χ1) is 14.2. The van der Waals surface area contributed by atoms with Gasteiger partial charge in [-0.2, -0.15) is 0 Å². The van der Waals surface area contributed by atoms with E-state index in [0.29, 0.717) is 26.2 Å². The van der Waals surface area contributed by atoms with E-state index in [0.717, 1.165) is 23.3 Å². The third kappa shape index (κ3) is 4.84. The largest absolute Gasteiger partial charge is 0.489 e. The minimum Gasteiger partial charge on any atom is -0.489 e. The summed E-state index contributed by atoms with van der Waals surface area (Å²) >= 11 is 0. The van der Waals surface area contributed by atoms with Gasteiger partial charge in [0.2, 0.25) is 0 Å². The van der Waals surface area contributed by atoms with Crippen LogP contribution in [0.4, 0.5) is 4.39 Å². The van der Waals surface area contributed by atoms with Crippen molar-refractivity contribution in [2.24, 2.45) is 0 Å². The maximum Gasteiger partial charge on any atom is 0.176 e. The second-order valence-electron chi connectivity index (χ2n) is 7.32. The van der Waals surface area contributed by atoms with Gasteiger partial charge in [0, 0.05) is 19.4 Å². The smallest absolute Gasteiger partial charge is 0.176 e. The molecule has 0 unspecified atom stereocenters. The molecule has 0 amide bonds. The summed E-state index contributed by atoms with van der Waals surface area (Å²) in [5, 5.41) is 0. The molecule has 3 aromatic carbocycles. The van der Waals surface area contributed by atoms with Crippen molar-refractivity contribution >= 4 is 0 Å². The monoisotopic (exact) mass is 392 g/mol. The van der Waals surface area contributed by atoms with Crippen molar-refractivity contribution in [1.29, 1.82) is 0 Å². The Morgan fingerprint density at radius 3 is 2.48 bits per heavy atom. The molecule has 0 N–H and O–H groups in total. The Morgan fingerprint density at radius 1 is 0.931 bits per heavy atom. The van der Waals surface area contributed by atoms with Gasteiger partial charge in [-0.05, 0) is 53.4 Å². The van der Waals surface area contributed by atoms with Gasteiger partial charge in [-0.15, -0.1) is 0 Å². The van der Waals surface area contributed by atoms with Crippen LogP contribution in [0.2, 0.25) is 0 Å². The van der Waals surface area contributed by atoms with E-state index in [9.17, 15) is 4.39 Å². The highest BCUT2D eigenvalue weighted by atomic mass is 19.1. The Labute approximate surface area is 171 Å². The molecule has 4 rings (SSSR count). The summed E-state index contributed by atoms with van der Waals surface area (Å²) in [6, 6.07) is 22.7. The van der Waals surface area contributed by atoms with Crippen molar-refractivity contribution < 1.29 is 18.6 Å². The molecule has 3 nitrogen and oxygen atoms in total. The topological polar surface area (TPSA) is 27.7 Å². The van der Waals surface area contributed by atoms with Crippen LogP contribution in [-0.4, -0.2) is 12.4 Å². The molecule has 0 aliphatic carbocycles. The van der Waals surface area contributed by atoms with Gasteiger partial charge in [0.1, 0.15) is 18.2 Å². The molecular formula is C25H25FO3. The summed E-state index contributed by atoms with van der Waals surface area (Å²) in [4.78, 5) is 0. The Bertz CT molecular complexity index is 954. The molecule has 4 heteroatoms. The predicted octanol–water partition coefficient (Wildman–Crippen LogP) is 5.45. The fourth-order valence-corrected chi connectivity index (χ4v) is 3.75. The summed E-state index contributed by atoms with van der Waals surface area (Å²) in [5.41, 5.74) is 4.43. The summed E-state index contributed by atoms with van der Waals surface area (Å²) in [7, 11) is 0. The second-order valence-corrected chi connectivity index (χ2v) is 7.32. The van der Waals surface area contributed by atoms with Gasteiger partial charge in [0.05, 0.1) is 6.61 Å². The summed E-state index contributed by atoms with van der Waals surface area (Å²) in [6.45, 7) is 3.48. The Morgan fingerprint density at radius 2 is 1.72 bits per heavy atom. The van der Waals surface area contributed by atoms with Crippen LogP contribution < -0.4 is 4.74 Å². The highest BCUT2D eigenvalue weighted by molar-refractivity contribution is 5.32. The van der Waals surface area contributed by atoms with Crippen LogP contribution >= 0.6 is 0 Å². The third-order valence-electron chi connectivity index (χ3n) is 5.17. The molecule has 29 heavy (non-hydrogen) atoms. The van der Waals surface area contributed by atoms with Crippen LogP contribution in [0.5, 0.6) is 5.75 Å². The van der Waals surface area contributed by atoms with Gasteiger partial charge >= 0.3 is 0 Å². The van der Waals surface area contributed by atoms with Crippen molar-refractivity contribution in [3.63, 3.8) is 0 Å². The molecule has 0 aromatic heterocycles. The molecule has 1 aliphatic heterocycles. The number of hydrogen-bond acceptors (Lipinski definition) is 3. The molecular weight excluding hydrogens is 367 g/mol. The molecule has 0 saturated carbocycles. The quantitative estimate of drug-likeness (QED) is 0.535. The number of fused-ring (bicyclic) bond motifs is 1. The predicted molar refractivity (Wildman–Crippen MR) is 110 cm³/mol. The van der Waals surface area contributed by atoms with Gasteiger partial charge in [-0.1, -0.05) is 48.5 Å². The van der Waals surface area contributed by atoms with Crippen molar-refractivity contribution in [2.45, 2.75) is 38.8 Å². The lowest BCUT2D eigenvalue weighted by Gasteiger charge is -2.38. The molecule has 1 heterocycles. The van der Waals surface area contributed by atoms with Crippen molar-refractivity contribution in [3.05, 3.63) is 101 Å². The molecule has 1 atom stereocenters. The standard InChI is InChI=1S/C25H25FO3/c1-2-28-25(16-21-7-3-4-8-22(21)18-29-25)15-19-10-12-24(13-11-19)27-17-20-6-5-9-23(26)14-20/h3-14H,2,15-18H2,1H3/t25-/m0/s1. The van der Waals surface area contributed by atoms with E-state index < -0.39 is 5.79 Å². The molecule has 0 bridgehead atoms. The minimum atomic E-state index is -0.646. The molecule has 3 aromatic rings. The lowest BCUT2D eigenvalue weighted by molar-refractivity contribution is -0.246. The summed E-state index contributed by atoms with van der Waals surface area (Å²) in [5.74, 6) is -0.150. The Hall–Kier alpha value is -2.69. The summed E-state index contributed by atoms with van der Waals surface area (Å²) < 4.78 is 31.3. The van der Waals surface area contributed by atoms with E-state index in [1.165, 1.54) is 23.3 Å². The number of halogens is 1. The van der Waals surface area contributed by atoms with Crippen LogP contribution in [0.25, 0.3) is 0 Å². The van der Waals surface area contributed by atoms with E-state index in [1.54, 1.807) is 6.07 Å². The fourth-order valence-electron chi connectivity index (χ4n) is 3.75. The highest BCUT2D eigenvalue weighted by Gasteiger charge is 2.36. The normalized spacial score (nSPS) is 18.3. The number of benzene rings is 3. The molecule has 0 saturated heterocycles. The van der Waals surface area contributed by atoms with Gasteiger partial charge in [-0.25, -0.2) is 4.39 Å². The zero-order valence-electron chi connectivity index (χ0n) is 16.6. The lowest BCUT2D eigenvalue weighted by atomic mass is 9.92. The van der Waals surface area contributed by atoms with Gasteiger partial charge < -0.3 is 14.2 Å². The first kappa shape index (κ1) is 19.6. The van der Waals surface area contributed by atoms with Crippen molar-refractivity contribution in [1.82, 2.24) is 0 Å². The molecule has 0 spiro atoms. The van der Waals surface area contributed by atoms with Crippen LogP contribution in [-0.2, 0) is 35.5 Å². The summed E-state index contributed by atoms with van der Waals surface area (Å²) in [6.07, 6.45) is 1.40.